The van der Waals surface area contributed by atoms with Gasteiger partial charge in [0.25, 0.3) is 5.89 Å². The zero-order chi connectivity index (χ0) is 22.4. The van der Waals surface area contributed by atoms with Crippen molar-refractivity contribution in [3.05, 3.63) is 60.2 Å². The number of benzene rings is 1. The highest BCUT2D eigenvalue weighted by Crippen LogP contribution is 2.39. The van der Waals surface area contributed by atoms with Crippen LogP contribution in [0.4, 0.5) is 0 Å². The lowest BCUT2D eigenvalue weighted by molar-refractivity contribution is 0.00578. The van der Waals surface area contributed by atoms with E-state index < -0.39 is 5.41 Å². The van der Waals surface area contributed by atoms with Crippen LogP contribution in [-0.4, -0.2) is 33.4 Å². The first-order valence-electron chi connectivity index (χ1n) is 10.8. The molecule has 2 aromatic heterocycles. The van der Waals surface area contributed by atoms with E-state index in [2.05, 4.69) is 82.9 Å². The topological polar surface area (TPSA) is 70.3 Å². The summed E-state index contributed by atoms with van der Waals surface area (Å²) < 4.78 is 18.0. The normalized spacial score (nSPS) is 19.5. The molecule has 162 valence electrons. The first kappa shape index (κ1) is 21.7. The molecule has 0 spiro atoms. The van der Waals surface area contributed by atoms with Crippen LogP contribution in [-0.2, 0) is 14.7 Å². The van der Waals surface area contributed by atoms with Crippen molar-refractivity contribution in [2.24, 2.45) is 5.92 Å². The lowest BCUT2D eigenvalue weighted by Crippen LogP contribution is -2.41. The highest BCUT2D eigenvalue weighted by atomic mass is 16.7. The van der Waals surface area contributed by atoms with Gasteiger partial charge in [0.1, 0.15) is 0 Å². The van der Waals surface area contributed by atoms with Crippen LogP contribution >= 0.6 is 0 Å². The molecule has 4 rings (SSSR count). The van der Waals surface area contributed by atoms with Gasteiger partial charge in [0.05, 0.1) is 22.2 Å². The number of nitrogens with zero attached hydrogens (tertiary/aromatic N) is 3. The predicted molar refractivity (Wildman–Crippen MR) is 121 cm³/mol. The van der Waals surface area contributed by atoms with Crippen molar-refractivity contribution >= 4 is 12.6 Å². The summed E-state index contributed by atoms with van der Waals surface area (Å²) in [4.78, 5) is 8.86. The van der Waals surface area contributed by atoms with Gasteiger partial charge in [-0.25, -0.2) is 0 Å². The van der Waals surface area contributed by atoms with E-state index in [0.29, 0.717) is 11.7 Å². The minimum atomic E-state index is -0.418. The Morgan fingerprint density at radius 1 is 0.968 bits per heavy atom. The highest BCUT2D eigenvalue weighted by molar-refractivity contribution is 6.62. The Bertz CT molecular complexity index is 1030. The molecule has 0 amide bonds. The van der Waals surface area contributed by atoms with Crippen LogP contribution in [0.1, 0.15) is 59.9 Å². The Hall–Kier alpha value is -2.51. The van der Waals surface area contributed by atoms with Crippen molar-refractivity contribution in [1.29, 1.82) is 0 Å². The molecule has 1 aliphatic heterocycles. The Labute approximate surface area is 184 Å². The molecule has 0 N–H and O–H groups in total. The maximum Gasteiger partial charge on any atom is 0.494 e. The summed E-state index contributed by atoms with van der Waals surface area (Å²) in [6.45, 7) is 14.7. The second-order valence-electron chi connectivity index (χ2n) is 9.73. The molecule has 1 atom stereocenters. The van der Waals surface area contributed by atoms with Crippen LogP contribution in [0.2, 0.25) is 0 Å². The average Bonchev–Trinajstić information content (AvgIpc) is 3.31. The fourth-order valence-corrected chi connectivity index (χ4v) is 3.73. The average molecular weight is 419 g/mol. The summed E-state index contributed by atoms with van der Waals surface area (Å²) in [5.41, 5.74) is 1.77. The highest BCUT2D eigenvalue weighted by Gasteiger charge is 2.51. The Kier molecular flexibility index (Phi) is 5.30. The number of aromatic nitrogens is 3. The molecule has 0 bridgehead atoms. The summed E-state index contributed by atoms with van der Waals surface area (Å²) in [6.07, 6.45) is 3.45. The van der Waals surface area contributed by atoms with Crippen molar-refractivity contribution < 1.29 is 13.8 Å². The fourth-order valence-electron chi connectivity index (χ4n) is 3.73. The van der Waals surface area contributed by atoms with E-state index in [-0.39, 0.29) is 24.2 Å². The molecule has 0 radical (unpaired) electrons. The van der Waals surface area contributed by atoms with Crippen molar-refractivity contribution in [3.63, 3.8) is 0 Å². The molecule has 3 heterocycles. The van der Waals surface area contributed by atoms with Gasteiger partial charge in [0, 0.05) is 12.4 Å². The monoisotopic (exact) mass is 419 g/mol. The maximum atomic E-state index is 6.19. The molecule has 1 aromatic carbocycles. The maximum absolute atomic E-state index is 6.19. The molecule has 1 unspecified atom stereocenters. The van der Waals surface area contributed by atoms with Gasteiger partial charge in [-0.1, -0.05) is 43.3 Å². The molecule has 0 saturated carbocycles. The van der Waals surface area contributed by atoms with Gasteiger partial charge in [-0.2, -0.15) is 4.98 Å². The van der Waals surface area contributed by atoms with Crippen LogP contribution in [0.3, 0.4) is 0 Å². The van der Waals surface area contributed by atoms with Gasteiger partial charge in [0.2, 0.25) is 0 Å². The lowest BCUT2D eigenvalue weighted by atomic mass is 9.71. The molecule has 31 heavy (non-hydrogen) atoms. The molecule has 0 aliphatic carbocycles. The van der Waals surface area contributed by atoms with Crippen LogP contribution in [0.25, 0.3) is 11.5 Å². The standard InChI is InChI=1S/C24H30BN3O3/c1-16(2)24(7,21-27-20(29-28-21)17-9-8-14-26-15-17)18-10-12-19(13-11-18)25-30-22(3,4)23(5,6)31-25/h8-16H,1-7H3. The zero-order valence-corrected chi connectivity index (χ0v) is 19.3. The molecule has 1 saturated heterocycles. The third-order valence-electron chi connectivity index (χ3n) is 6.99. The largest absolute Gasteiger partial charge is 0.494 e. The van der Waals surface area contributed by atoms with E-state index in [4.69, 9.17) is 18.8 Å². The van der Waals surface area contributed by atoms with Crippen molar-refractivity contribution in [2.45, 2.75) is 65.1 Å². The second kappa shape index (κ2) is 7.57. The van der Waals surface area contributed by atoms with E-state index in [1.807, 2.05) is 12.1 Å². The quantitative estimate of drug-likeness (QED) is 0.572. The Morgan fingerprint density at radius 3 is 2.16 bits per heavy atom. The fraction of sp³-hybridized carbons (Fsp3) is 0.458. The third-order valence-corrected chi connectivity index (χ3v) is 6.99. The smallest absolute Gasteiger partial charge is 0.399 e. The van der Waals surface area contributed by atoms with E-state index in [1.165, 1.54) is 0 Å². The van der Waals surface area contributed by atoms with Crippen molar-refractivity contribution in [2.75, 3.05) is 0 Å². The van der Waals surface area contributed by atoms with Crippen LogP contribution in [0.15, 0.2) is 53.3 Å². The molecule has 6 nitrogen and oxygen atoms in total. The molecule has 1 aliphatic rings. The van der Waals surface area contributed by atoms with Crippen LogP contribution in [0, 0.1) is 5.92 Å². The first-order valence-corrected chi connectivity index (χ1v) is 10.8. The van der Waals surface area contributed by atoms with Gasteiger partial charge in [-0.15, -0.1) is 0 Å². The number of hydrogen-bond donors (Lipinski definition) is 0. The predicted octanol–water partition coefficient (Wildman–Crippen LogP) is 4.39. The summed E-state index contributed by atoms with van der Waals surface area (Å²) in [6, 6.07) is 12.1. The van der Waals surface area contributed by atoms with Crippen molar-refractivity contribution in [1.82, 2.24) is 15.1 Å². The van der Waals surface area contributed by atoms with Crippen LogP contribution < -0.4 is 5.46 Å². The minimum Gasteiger partial charge on any atom is -0.399 e. The molecule has 7 heteroatoms. The zero-order valence-electron chi connectivity index (χ0n) is 19.3. The summed E-state index contributed by atoms with van der Waals surface area (Å²) in [5.74, 6) is 1.38. The van der Waals surface area contributed by atoms with Gasteiger partial charge in [-0.3, -0.25) is 4.98 Å². The SMILES string of the molecule is CC(C)C(C)(c1ccc(B2OC(C)(C)C(C)(C)O2)cc1)c1noc(-c2cccnc2)n1. The lowest BCUT2D eigenvalue weighted by Gasteiger charge is -2.32. The third kappa shape index (κ3) is 3.70. The van der Waals surface area contributed by atoms with Crippen LogP contribution in [0.5, 0.6) is 0 Å². The van der Waals surface area contributed by atoms with E-state index in [1.54, 1.807) is 12.4 Å². The van der Waals surface area contributed by atoms with Gasteiger partial charge < -0.3 is 13.8 Å². The van der Waals surface area contributed by atoms with Gasteiger partial charge in [-0.05, 0) is 63.7 Å². The Morgan fingerprint density at radius 2 is 1.61 bits per heavy atom. The van der Waals surface area contributed by atoms with Crippen molar-refractivity contribution in [3.8, 4) is 11.5 Å². The summed E-state index contributed by atoms with van der Waals surface area (Å²) in [7, 11) is -0.383. The molecular formula is C24H30BN3O3. The molecule has 1 fully saturated rings. The van der Waals surface area contributed by atoms with Gasteiger partial charge >= 0.3 is 7.12 Å². The first-order chi connectivity index (χ1) is 14.5. The number of hydrogen-bond acceptors (Lipinski definition) is 6. The minimum absolute atomic E-state index is 0.245. The molecular weight excluding hydrogens is 389 g/mol. The number of rotatable bonds is 5. The number of pyridine rings is 1. The summed E-state index contributed by atoms with van der Waals surface area (Å²) in [5, 5.41) is 4.34. The van der Waals surface area contributed by atoms with E-state index in [9.17, 15) is 0 Å². The molecule has 3 aromatic rings. The van der Waals surface area contributed by atoms with E-state index >= 15 is 0 Å². The summed E-state index contributed by atoms with van der Waals surface area (Å²) >= 11 is 0. The van der Waals surface area contributed by atoms with Gasteiger partial charge in [0.15, 0.2) is 5.82 Å². The Balaban J connectivity index is 1.64. The second-order valence-corrected chi connectivity index (χ2v) is 9.73. The van der Waals surface area contributed by atoms with E-state index in [0.717, 1.165) is 16.6 Å².